The summed E-state index contributed by atoms with van der Waals surface area (Å²) in [6.45, 7) is 1.58. The molecule has 5 heteroatoms. The Morgan fingerprint density at radius 2 is 2.36 bits per heavy atom. The third-order valence-electron chi connectivity index (χ3n) is 0.969. The minimum atomic E-state index is -1.03. The second kappa shape index (κ2) is 4.68. The summed E-state index contributed by atoms with van der Waals surface area (Å²) in [4.78, 5) is 14.0. The summed E-state index contributed by atoms with van der Waals surface area (Å²) < 4.78 is 4.62. The topological polar surface area (TPSA) is 84.9 Å². The molecule has 0 aromatic heterocycles. The van der Waals surface area contributed by atoms with E-state index < -0.39 is 12.0 Å². The van der Waals surface area contributed by atoms with Crippen molar-refractivity contribution in [3.8, 4) is 0 Å². The molecule has 0 aliphatic rings. The number of carboxylic acid groups (broad SMARTS) is 1. The van der Waals surface area contributed by atoms with E-state index in [1.54, 1.807) is 0 Å². The molecular formula is C6H12N2O3. The highest BCUT2D eigenvalue weighted by atomic mass is 16.5. The van der Waals surface area contributed by atoms with Gasteiger partial charge < -0.3 is 15.6 Å². The highest BCUT2D eigenvalue weighted by molar-refractivity contribution is 5.82. The van der Waals surface area contributed by atoms with Crippen molar-refractivity contribution in [3.05, 3.63) is 0 Å². The Hall–Kier alpha value is -1.10. The summed E-state index contributed by atoms with van der Waals surface area (Å²) in [5.41, 5.74) is 5.19. The maximum absolute atomic E-state index is 10.4. The molecule has 0 rings (SSSR count). The first-order valence-electron chi connectivity index (χ1n) is 3.09. The molecule has 64 valence electrons. The van der Waals surface area contributed by atoms with Gasteiger partial charge in [-0.3, -0.25) is 4.99 Å². The van der Waals surface area contributed by atoms with Crippen molar-refractivity contribution in [2.75, 3.05) is 13.7 Å². The smallest absolute Gasteiger partial charge is 0.330 e. The number of carbonyl (C=O) groups is 1. The molecule has 0 aliphatic heterocycles. The molecule has 5 nitrogen and oxygen atoms in total. The Morgan fingerprint density at radius 3 is 2.64 bits per heavy atom. The summed E-state index contributed by atoms with van der Waals surface area (Å²) in [7, 11) is 1.41. The van der Waals surface area contributed by atoms with Crippen molar-refractivity contribution in [2.24, 2.45) is 10.7 Å². The van der Waals surface area contributed by atoms with Gasteiger partial charge in [0.1, 0.15) is 0 Å². The van der Waals surface area contributed by atoms with Crippen LogP contribution in [0.4, 0.5) is 0 Å². The Bertz CT molecular complexity index is 163. The molecule has 0 spiro atoms. The summed E-state index contributed by atoms with van der Waals surface area (Å²) in [5, 5.41) is 8.51. The Labute approximate surface area is 64.9 Å². The third-order valence-corrected chi connectivity index (χ3v) is 0.969. The highest BCUT2D eigenvalue weighted by Crippen LogP contribution is 1.91. The zero-order chi connectivity index (χ0) is 8.85. The summed E-state index contributed by atoms with van der Waals surface area (Å²) in [5.74, 6) is -0.786. The molecule has 1 unspecified atom stereocenters. The average molecular weight is 160 g/mol. The van der Waals surface area contributed by atoms with Crippen molar-refractivity contribution in [3.63, 3.8) is 0 Å². The van der Waals surface area contributed by atoms with Gasteiger partial charge in [-0.15, -0.1) is 0 Å². The minimum absolute atomic E-state index is 0.0455. The van der Waals surface area contributed by atoms with Crippen molar-refractivity contribution in [2.45, 2.75) is 13.0 Å². The van der Waals surface area contributed by atoms with E-state index in [4.69, 9.17) is 10.8 Å². The Morgan fingerprint density at radius 1 is 1.82 bits per heavy atom. The van der Waals surface area contributed by atoms with E-state index in [0.29, 0.717) is 0 Å². The molecular weight excluding hydrogens is 148 g/mol. The van der Waals surface area contributed by atoms with Crippen LogP contribution in [0.25, 0.3) is 0 Å². The second-order valence-corrected chi connectivity index (χ2v) is 2.08. The van der Waals surface area contributed by atoms with Crippen molar-refractivity contribution in [1.82, 2.24) is 0 Å². The van der Waals surface area contributed by atoms with Gasteiger partial charge in [0, 0.05) is 7.11 Å². The lowest BCUT2D eigenvalue weighted by Crippen LogP contribution is -2.26. The van der Waals surface area contributed by atoms with E-state index >= 15 is 0 Å². The second-order valence-electron chi connectivity index (χ2n) is 2.08. The fourth-order valence-corrected chi connectivity index (χ4v) is 0.567. The summed E-state index contributed by atoms with van der Waals surface area (Å²) >= 11 is 0. The van der Waals surface area contributed by atoms with Crippen molar-refractivity contribution >= 4 is 11.8 Å². The van der Waals surface area contributed by atoms with Gasteiger partial charge in [0.25, 0.3) is 0 Å². The van der Waals surface area contributed by atoms with Gasteiger partial charge in [0.2, 0.25) is 0 Å². The standard InChI is InChI=1S/C6H12N2O3/c1-4(7)8-5(3-11-2)6(9)10/h5H,3H2,1-2H3,(H2,7,8)(H,9,10). The fourth-order valence-electron chi connectivity index (χ4n) is 0.567. The largest absolute Gasteiger partial charge is 0.480 e. The minimum Gasteiger partial charge on any atom is -0.480 e. The van der Waals surface area contributed by atoms with E-state index in [1.165, 1.54) is 14.0 Å². The molecule has 0 amide bonds. The number of nitrogens with two attached hydrogens (primary N) is 1. The zero-order valence-electron chi connectivity index (χ0n) is 6.57. The molecule has 0 aliphatic carbocycles. The van der Waals surface area contributed by atoms with Crippen LogP contribution in [0.3, 0.4) is 0 Å². The summed E-state index contributed by atoms with van der Waals surface area (Å²) in [6.07, 6.45) is 0. The van der Waals surface area contributed by atoms with Gasteiger partial charge in [0.05, 0.1) is 12.4 Å². The first kappa shape index (κ1) is 9.90. The van der Waals surface area contributed by atoms with Crippen LogP contribution in [-0.2, 0) is 9.53 Å². The normalized spacial score (nSPS) is 14.5. The lowest BCUT2D eigenvalue weighted by molar-refractivity contribution is -0.139. The van der Waals surface area contributed by atoms with E-state index in [9.17, 15) is 4.79 Å². The molecule has 0 radical (unpaired) electrons. The van der Waals surface area contributed by atoms with Crippen molar-refractivity contribution in [1.29, 1.82) is 0 Å². The van der Waals surface area contributed by atoms with Crippen LogP contribution in [0.2, 0.25) is 0 Å². The molecule has 1 atom stereocenters. The van der Waals surface area contributed by atoms with E-state index in [0.717, 1.165) is 0 Å². The molecule has 0 aromatic rings. The van der Waals surface area contributed by atoms with Crippen LogP contribution in [-0.4, -0.2) is 36.7 Å². The van der Waals surface area contributed by atoms with Crippen LogP contribution >= 0.6 is 0 Å². The van der Waals surface area contributed by atoms with E-state index in [2.05, 4.69) is 9.73 Å². The first-order chi connectivity index (χ1) is 5.07. The van der Waals surface area contributed by atoms with Crippen LogP contribution in [0.1, 0.15) is 6.92 Å². The number of aliphatic imine (C=N–C) groups is 1. The number of methoxy groups -OCH3 is 1. The third kappa shape index (κ3) is 4.32. The first-order valence-corrected chi connectivity index (χ1v) is 3.09. The quantitative estimate of drug-likeness (QED) is 0.427. The van der Waals surface area contributed by atoms with Crippen LogP contribution < -0.4 is 5.73 Å². The molecule has 0 fully saturated rings. The molecule has 0 aromatic carbocycles. The Balaban J connectivity index is 4.11. The van der Waals surface area contributed by atoms with Crippen LogP contribution in [0.5, 0.6) is 0 Å². The van der Waals surface area contributed by atoms with Gasteiger partial charge in [0.15, 0.2) is 6.04 Å². The van der Waals surface area contributed by atoms with E-state index in [-0.39, 0.29) is 12.4 Å². The number of rotatable bonds is 4. The lowest BCUT2D eigenvalue weighted by atomic mass is 10.3. The van der Waals surface area contributed by atoms with Gasteiger partial charge in [-0.25, -0.2) is 4.79 Å². The molecule has 0 heterocycles. The van der Waals surface area contributed by atoms with E-state index in [1.807, 2.05) is 0 Å². The number of carboxylic acids is 1. The van der Waals surface area contributed by atoms with Gasteiger partial charge in [-0.2, -0.15) is 0 Å². The van der Waals surface area contributed by atoms with Crippen LogP contribution in [0, 0.1) is 0 Å². The van der Waals surface area contributed by atoms with Crippen LogP contribution in [0.15, 0.2) is 4.99 Å². The zero-order valence-corrected chi connectivity index (χ0v) is 6.57. The predicted molar refractivity (Wildman–Crippen MR) is 40.6 cm³/mol. The SMILES string of the molecule is COCC(N=C(C)N)C(=O)O. The van der Waals surface area contributed by atoms with Gasteiger partial charge in [-0.1, -0.05) is 0 Å². The van der Waals surface area contributed by atoms with Crippen molar-refractivity contribution < 1.29 is 14.6 Å². The fraction of sp³-hybridized carbons (Fsp3) is 0.667. The predicted octanol–water partition coefficient (Wildman–Crippen LogP) is -0.537. The molecule has 3 N–H and O–H groups in total. The number of nitrogens with zero attached hydrogens (tertiary/aromatic N) is 1. The number of hydrogen-bond acceptors (Lipinski definition) is 3. The number of amidine groups is 1. The molecule has 0 bridgehead atoms. The average Bonchev–Trinajstić information content (AvgIpc) is 1.86. The molecule has 0 saturated carbocycles. The number of ether oxygens (including phenoxy) is 1. The number of hydrogen-bond donors (Lipinski definition) is 2. The van der Waals surface area contributed by atoms with Gasteiger partial charge in [-0.05, 0) is 6.92 Å². The maximum atomic E-state index is 10.4. The summed E-state index contributed by atoms with van der Waals surface area (Å²) in [6, 6.07) is -0.884. The number of aliphatic carboxylic acids is 1. The highest BCUT2D eigenvalue weighted by Gasteiger charge is 2.14. The molecule has 0 saturated heterocycles. The lowest BCUT2D eigenvalue weighted by Gasteiger charge is -2.05. The molecule has 11 heavy (non-hydrogen) atoms. The Kier molecular flexibility index (Phi) is 4.21. The monoisotopic (exact) mass is 160 g/mol. The maximum Gasteiger partial charge on any atom is 0.330 e. The van der Waals surface area contributed by atoms with Gasteiger partial charge >= 0.3 is 5.97 Å².